The minimum absolute atomic E-state index is 0.107. The molecular formula is C19H23N5O3. The first kappa shape index (κ1) is 18.6. The predicted octanol–water partition coefficient (Wildman–Crippen LogP) is 1.99. The number of amides is 2. The van der Waals surface area contributed by atoms with E-state index in [0.717, 1.165) is 11.4 Å². The van der Waals surface area contributed by atoms with E-state index >= 15 is 0 Å². The Hall–Kier alpha value is -3.16. The van der Waals surface area contributed by atoms with Gasteiger partial charge in [-0.15, -0.1) is 0 Å². The molecule has 1 aromatic heterocycles. The lowest BCUT2D eigenvalue weighted by Crippen LogP contribution is -2.37. The number of nitrogens with zero attached hydrogens (tertiary/aromatic N) is 3. The molecule has 0 spiro atoms. The number of aromatic nitrogens is 2. The van der Waals surface area contributed by atoms with E-state index in [2.05, 4.69) is 20.8 Å². The molecule has 1 aliphatic heterocycles. The van der Waals surface area contributed by atoms with E-state index in [9.17, 15) is 9.59 Å². The summed E-state index contributed by atoms with van der Waals surface area (Å²) in [6.45, 7) is 6.39. The molecular weight excluding hydrogens is 346 g/mol. The van der Waals surface area contributed by atoms with Gasteiger partial charge in [0.1, 0.15) is 5.75 Å². The Labute approximate surface area is 157 Å². The first-order chi connectivity index (χ1) is 13.0. The molecule has 0 aliphatic carbocycles. The van der Waals surface area contributed by atoms with Gasteiger partial charge >= 0.3 is 0 Å². The molecule has 142 valence electrons. The Balaban J connectivity index is 1.65. The summed E-state index contributed by atoms with van der Waals surface area (Å²) in [5.74, 6) is 0.109. The van der Waals surface area contributed by atoms with Crippen molar-refractivity contribution in [3.63, 3.8) is 0 Å². The van der Waals surface area contributed by atoms with Crippen molar-refractivity contribution in [3.8, 4) is 5.75 Å². The molecule has 0 radical (unpaired) electrons. The highest BCUT2D eigenvalue weighted by Crippen LogP contribution is 2.33. The van der Waals surface area contributed by atoms with E-state index in [0.29, 0.717) is 30.5 Å². The maximum Gasteiger partial charge on any atom is 0.243 e. The number of carbonyl (C=O) groups excluding carboxylic acids is 2. The fourth-order valence-electron chi connectivity index (χ4n) is 3.08. The molecule has 0 saturated carbocycles. The molecule has 3 rings (SSSR count). The van der Waals surface area contributed by atoms with Gasteiger partial charge in [0.25, 0.3) is 0 Å². The monoisotopic (exact) mass is 369 g/mol. The van der Waals surface area contributed by atoms with Crippen LogP contribution in [0.4, 0.5) is 11.6 Å². The van der Waals surface area contributed by atoms with Crippen molar-refractivity contribution >= 4 is 23.5 Å². The maximum atomic E-state index is 12.5. The van der Waals surface area contributed by atoms with Gasteiger partial charge < -0.3 is 9.64 Å². The Morgan fingerprint density at radius 2 is 1.96 bits per heavy atom. The van der Waals surface area contributed by atoms with E-state index in [1.54, 1.807) is 4.90 Å². The van der Waals surface area contributed by atoms with Gasteiger partial charge in [-0.1, -0.05) is 12.1 Å². The maximum absolute atomic E-state index is 12.5. The largest absolute Gasteiger partial charge is 0.492 e. The molecule has 2 heterocycles. The smallest absolute Gasteiger partial charge is 0.243 e. The van der Waals surface area contributed by atoms with Crippen LogP contribution >= 0.6 is 0 Å². The second kappa shape index (κ2) is 8.03. The Bertz CT molecular complexity index is 835. The topological polar surface area (TPSA) is 96.5 Å². The predicted molar refractivity (Wildman–Crippen MR) is 101 cm³/mol. The van der Waals surface area contributed by atoms with Crippen LogP contribution in [0.2, 0.25) is 0 Å². The number of benzene rings is 1. The number of anilines is 2. The highest BCUT2D eigenvalue weighted by molar-refractivity contribution is 6.01. The molecule has 2 N–H and O–H groups in total. The molecule has 0 bridgehead atoms. The summed E-state index contributed by atoms with van der Waals surface area (Å²) in [5.41, 5.74) is 7.62. The van der Waals surface area contributed by atoms with E-state index in [1.807, 2.05) is 51.1 Å². The summed E-state index contributed by atoms with van der Waals surface area (Å²) in [7, 11) is 0. The summed E-state index contributed by atoms with van der Waals surface area (Å²) in [6, 6.07) is 9.18. The summed E-state index contributed by atoms with van der Waals surface area (Å²) in [6.07, 6.45) is 0.141. The lowest BCUT2D eigenvalue weighted by molar-refractivity contribution is -0.125. The first-order valence-electron chi connectivity index (χ1n) is 8.88. The van der Waals surface area contributed by atoms with Gasteiger partial charge in [-0.2, -0.15) is 0 Å². The van der Waals surface area contributed by atoms with E-state index in [1.165, 1.54) is 0 Å². The number of nitrogens with one attached hydrogen (secondary N) is 2. The average Bonchev–Trinajstić information content (AvgIpc) is 3.01. The zero-order valence-corrected chi connectivity index (χ0v) is 15.7. The van der Waals surface area contributed by atoms with Gasteiger partial charge in [-0.3, -0.25) is 20.4 Å². The Morgan fingerprint density at radius 1 is 1.26 bits per heavy atom. The lowest BCUT2D eigenvalue weighted by Gasteiger charge is -2.20. The van der Waals surface area contributed by atoms with Crippen LogP contribution in [-0.2, 0) is 9.59 Å². The number of ether oxygens (including phenoxy) is 1. The quantitative estimate of drug-likeness (QED) is 0.756. The molecule has 1 aromatic carbocycles. The van der Waals surface area contributed by atoms with Crippen molar-refractivity contribution in [2.45, 2.75) is 27.2 Å². The van der Waals surface area contributed by atoms with Crippen LogP contribution in [0.5, 0.6) is 5.75 Å². The van der Waals surface area contributed by atoms with Crippen molar-refractivity contribution in [1.82, 2.24) is 15.4 Å². The molecule has 1 fully saturated rings. The number of hydrogen-bond donors (Lipinski definition) is 2. The zero-order chi connectivity index (χ0) is 19.4. The Kier molecular flexibility index (Phi) is 5.54. The van der Waals surface area contributed by atoms with Crippen LogP contribution in [0.3, 0.4) is 0 Å². The van der Waals surface area contributed by atoms with Gasteiger partial charge in [-0.25, -0.2) is 9.97 Å². The highest BCUT2D eigenvalue weighted by Gasteiger charge is 2.36. The minimum Gasteiger partial charge on any atom is -0.492 e. The van der Waals surface area contributed by atoms with E-state index in [4.69, 9.17) is 4.74 Å². The summed E-state index contributed by atoms with van der Waals surface area (Å²) < 4.78 is 5.60. The number of para-hydroxylation sites is 2. The molecule has 1 aliphatic rings. The van der Waals surface area contributed by atoms with Crippen LogP contribution in [0.15, 0.2) is 30.3 Å². The SMILES string of the molecule is CCOc1ccccc1N1CC(C(=O)NNc2nc(C)cc(C)n2)CC1=O. The average molecular weight is 369 g/mol. The van der Waals surface area contributed by atoms with Crippen LogP contribution in [0.25, 0.3) is 0 Å². The Morgan fingerprint density at radius 3 is 2.67 bits per heavy atom. The van der Waals surface area contributed by atoms with Gasteiger partial charge in [0, 0.05) is 24.4 Å². The third-order valence-corrected chi connectivity index (χ3v) is 4.23. The van der Waals surface area contributed by atoms with E-state index in [-0.39, 0.29) is 18.2 Å². The van der Waals surface area contributed by atoms with Crippen molar-refractivity contribution in [2.75, 3.05) is 23.5 Å². The van der Waals surface area contributed by atoms with Gasteiger partial charge in [0.2, 0.25) is 17.8 Å². The van der Waals surface area contributed by atoms with Crippen LogP contribution < -0.4 is 20.5 Å². The molecule has 27 heavy (non-hydrogen) atoms. The molecule has 8 heteroatoms. The lowest BCUT2D eigenvalue weighted by atomic mass is 10.1. The second-order valence-electron chi connectivity index (χ2n) is 6.39. The fourth-order valence-corrected chi connectivity index (χ4v) is 3.08. The third kappa shape index (κ3) is 4.33. The summed E-state index contributed by atoms with van der Waals surface area (Å²) >= 11 is 0. The summed E-state index contributed by atoms with van der Waals surface area (Å²) in [5, 5.41) is 0. The molecule has 1 saturated heterocycles. The van der Waals surface area contributed by atoms with Gasteiger partial charge in [0.05, 0.1) is 18.2 Å². The number of hydrazine groups is 1. The third-order valence-electron chi connectivity index (χ3n) is 4.23. The van der Waals surface area contributed by atoms with Crippen LogP contribution in [-0.4, -0.2) is 34.9 Å². The van der Waals surface area contributed by atoms with Gasteiger partial charge in [-0.05, 0) is 39.0 Å². The standard InChI is InChI=1S/C19H23N5O3/c1-4-27-16-8-6-5-7-15(16)24-11-14(10-17(24)25)18(26)22-23-19-20-12(2)9-13(3)21-19/h5-9,14H,4,10-11H2,1-3H3,(H,22,26)(H,20,21,23). The van der Waals surface area contributed by atoms with Crippen LogP contribution in [0.1, 0.15) is 24.7 Å². The second-order valence-corrected chi connectivity index (χ2v) is 6.39. The molecule has 2 amide bonds. The highest BCUT2D eigenvalue weighted by atomic mass is 16.5. The normalized spacial score (nSPS) is 16.3. The number of carbonyl (C=O) groups is 2. The van der Waals surface area contributed by atoms with E-state index < -0.39 is 5.92 Å². The number of aryl methyl sites for hydroxylation is 2. The van der Waals surface area contributed by atoms with Crippen molar-refractivity contribution in [1.29, 1.82) is 0 Å². The molecule has 1 atom stereocenters. The number of rotatable bonds is 6. The van der Waals surface area contributed by atoms with Crippen molar-refractivity contribution in [3.05, 3.63) is 41.7 Å². The van der Waals surface area contributed by atoms with Gasteiger partial charge in [0.15, 0.2) is 0 Å². The van der Waals surface area contributed by atoms with Crippen molar-refractivity contribution < 1.29 is 14.3 Å². The number of hydrogen-bond acceptors (Lipinski definition) is 6. The first-order valence-corrected chi connectivity index (χ1v) is 8.88. The molecule has 1 unspecified atom stereocenters. The minimum atomic E-state index is -0.467. The van der Waals surface area contributed by atoms with Crippen molar-refractivity contribution in [2.24, 2.45) is 5.92 Å². The fraction of sp³-hybridized carbons (Fsp3) is 0.368. The molecule has 8 nitrogen and oxygen atoms in total. The summed E-state index contributed by atoms with van der Waals surface area (Å²) in [4.78, 5) is 35.0. The zero-order valence-electron chi connectivity index (χ0n) is 15.7. The molecule has 2 aromatic rings. The van der Waals surface area contributed by atoms with Crippen LogP contribution in [0, 0.1) is 19.8 Å².